The van der Waals surface area contributed by atoms with E-state index < -0.39 is 0 Å². The van der Waals surface area contributed by atoms with Gasteiger partial charge in [-0.1, -0.05) is 48.5 Å². The molecular weight excluding hydrogens is 598 g/mol. The first kappa shape index (κ1) is 28.7. The maximum absolute atomic E-state index is 14.1. The Morgan fingerprint density at radius 3 is 1.25 bits per heavy atom. The average molecular weight is 623 g/mol. The third-order valence-corrected chi connectivity index (χ3v) is 8.76. The summed E-state index contributed by atoms with van der Waals surface area (Å²) in [6.45, 7) is 7.42. The second kappa shape index (κ2) is 11.6. The van der Waals surface area contributed by atoms with Gasteiger partial charge in [-0.3, -0.25) is 0 Å². The zero-order valence-electron chi connectivity index (χ0n) is 25.4. The highest BCUT2D eigenvalue weighted by Crippen LogP contribution is 2.47. The lowest BCUT2D eigenvalue weighted by Gasteiger charge is -2.29. The largest absolute Gasteiger partial charge is 0.310 e. The van der Waals surface area contributed by atoms with Gasteiger partial charge in [-0.2, -0.15) is 5.26 Å². The predicted octanol–water partition coefficient (Wildman–Crippen LogP) is 12.2. The molecule has 0 fully saturated rings. The molecule has 0 aliphatic rings. The zero-order valence-corrected chi connectivity index (χ0v) is 25.4. The minimum absolute atomic E-state index is 0.321. The van der Waals surface area contributed by atoms with Crippen LogP contribution in [0.15, 0.2) is 146 Å². The molecule has 0 saturated carbocycles. The molecule has 0 aromatic heterocycles. The number of rotatable bonds is 6. The monoisotopic (exact) mass is 622 g/mol. The average Bonchev–Trinajstić information content (AvgIpc) is 3.14. The van der Waals surface area contributed by atoms with Crippen LogP contribution in [0.3, 0.4) is 0 Å². The van der Waals surface area contributed by atoms with Crippen molar-refractivity contribution in [3.63, 3.8) is 0 Å². The van der Waals surface area contributed by atoms with Crippen molar-refractivity contribution < 1.29 is 8.78 Å². The van der Waals surface area contributed by atoms with Crippen molar-refractivity contribution in [1.29, 1.82) is 5.26 Å². The van der Waals surface area contributed by atoms with Crippen LogP contribution in [0.25, 0.3) is 37.2 Å². The quantitative estimate of drug-likeness (QED) is 0.137. The second-order valence-electron chi connectivity index (χ2n) is 11.5. The molecule has 8 aromatic rings. The molecule has 0 radical (unpaired) electrons. The van der Waals surface area contributed by atoms with Crippen molar-refractivity contribution in [2.24, 2.45) is 0 Å². The van der Waals surface area contributed by atoms with Gasteiger partial charge in [0, 0.05) is 33.5 Å². The van der Waals surface area contributed by atoms with E-state index in [1.807, 2.05) is 24.3 Å². The molecule has 8 rings (SSSR count). The first-order valence-corrected chi connectivity index (χ1v) is 15.3. The maximum Gasteiger partial charge on any atom is 0.187 e. The molecular formula is C42H24F2N4. The Bertz CT molecular complexity index is 2350. The smallest absolute Gasteiger partial charge is 0.187 e. The van der Waals surface area contributed by atoms with Gasteiger partial charge in [0.05, 0.1) is 29.6 Å². The van der Waals surface area contributed by atoms with Crippen LogP contribution in [0.4, 0.5) is 48.6 Å². The van der Waals surface area contributed by atoms with Crippen molar-refractivity contribution in [1.82, 2.24) is 0 Å². The molecule has 0 atom stereocenters. The summed E-state index contributed by atoms with van der Waals surface area (Å²) in [5.41, 5.74) is 6.14. The van der Waals surface area contributed by atoms with Gasteiger partial charge in [0.1, 0.15) is 11.6 Å². The number of hydrogen-bond donors (Lipinski definition) is 0. The Morgan fingerprint density at radius 2 is 0.854 bits per heavy atom. The van der Waals surface area contributed by atoms with Crippen LogP contribution in [0.2, 0.25) is 0 Å². The van der Waals surface area contributed by atoms with Gasteiger partial charge >= 0.3 is 0 Å². The molecule has 48 heavy (non-hydrogen) atoms. The van der Waals surface area contributed by atoms with Crippen LogP contribution in [-0.4, -0.2) is 0 Å². The van der Waals surface area contributed by atoms with E-state index in [2.05, 4.69) is 69.2 Å². The summed E-state index contributed by atoms with van der Waals surface area (Å²) < 4.78 is 28.2. The fourth-order valence-corrected chi connectivity index (χ4v) is 6.56. The van der Waals surface area contributed by atoms with Crippen molar-refractivity contribution in [2.45, 2.75) is 0 Å². The fourth-order valence-electron chi connectivity index (χ4n) is 6.56. The molecule has 0 bridgehead atoms. The number of anilines is 6. The van der Waals surface area contributed by atoms with Gasteiger partial charge in [0.2, 0.25) is 0 Å². The molecule has 0 spiro atoms. The van der Waals surface area contributed by atoms with E-state index in [-0.39, 0.29) is 11.6 Å². The molecule has 0 N–H and O–H groups in total. The SMILES string of the molecule is [C-]#[N+]c1ccc(N(c2ccc(F)cc2)c2ccc3ccc4c(N(c5ccc(F)cc5)c5ccc(C#N)cc5)ccc5ccc2c3c54)cc1. The Kier molecular flexibility index (Phi) is 6.91. The van der Waals surface area contributed by atoms with E-state index in [9.17, 15) is 14.0 Å². The van der Waals surface area contributed by atoms with E-state index in [1.165, 1.54) is 24.3 Å². The molecule has 8 aromatic carbocycles. The van der Waals surface area contributed by atoms with Crippen LogP contribution in [0, 0.1) is 29.5 Å². The standard InChI is InChI=1S/C42H24F2N4/c1-46-32-12-20-36(21-13-32)48(35-18-10-31(44)11-19-35)40-25-7-29-4-22-37-39(24-6-28-5-23-38(40)42(29)41(28)37)47(34-16-8-30(43)9-17-34)33-14-2-27(26-45)3-15-33/h2-25H. The van der Waals surface area contributed by atoms with E-state index in [4.69, 9.17) is 6.57 Å². The summed E-state index contributed by atoms with van der Waals surface area (Å²) in [5, 5.41) is 15.7. The predicted molar refractivity (Wildman–Crippen MR) is 190 cm³/mol. The number of nitrogens with zero attached hydrogens (tertiary/aromatic N) is 4. The van der Waals surface area contributed by atoms with Gasteiger partial charge < -0.3 is 9.80 Å². The summed E-state index contributed by atoms with van der Waals surface area (Å²) in [4.78, 5) is 7.72. The van der Waals surface area contributed by atoms with Crippen LogP contribution in [0.1, 0.15) is 5.56 Å². The minimum Gasteiger partial charge on any atom is -0.310 e. The zero-order chi connectivity index (χ0) is 32.8. The molecule has 0 aliphatic carbocycles. The summed E-state index contributed by atoms with van der Waals surface area (Å²) in [6, 6.07) is 46.6. The number of halogens is 2. The molecule has 0 saturated heterocycles. The molecule has 226 valence electrons. The lowest BCUT2D eigenvalue weighted by Crippen LogP contribution is -2.11. The topological polar surface area (TPSA) is 34.6 Å². The summed E-state index contributed by atoms with van der Waals surface area (Å²) in [6.07, 6.45) is 0. The lowest BCUT2D eigenvalue weighted by atomic mass is 9.91. The fraction of sp³-hybridized carbons (Fsp3) is 0. The minimum atomic E-state index is -0.323. The lowest BCUT2D eigenvalue weighted by molar-refractivity contribution is 0.627. The molecule has 0 heterocycles. The van der Waals surface area contributed by atoms with E-state index in [0.29, 0.717) is 11.3 Å². The Hall–Kier alpha value is -6.76. The molecule has 6 heteroatoms. The normalized spacial score (nSPS) is 11.1. The van der Waals surface area contributed by atoms with Crippen LogP contribution in [0.5, 0.6) is 0 Å². The molecule has 0 amide bonds. The summed E-state index contributed by atoms with van der Waals surface area (Å²) in [5.74, 6) is -0.645. The highest BCUT2D eigenvalue weighted by atomic mass is 19.1. The van der Waals surface area contributed by atoms with Crippen molar-refractivity contribution in [3.05, 3.63) is 174 Å². The van der Waals surface area contributed by atoms with Crippen LogP contribution in [-0.2, 0) is 0 Å². The molecule has 0 aliphatic heterocycles. The highest BCUT2D eigenvalue weighted by molar-refractivity contribution is 6.28. The Balaban J connectivity index is 1.39. The molecule has 0 unspecified atom stereocenters. The Labute approximate surface area is 275 Å². The third-order valence-electron chi connectivity index (χ3n) is 8.76. The Morgan fingerprint density at radius 1 is 0.479 bits per heavy atom. The third kappa shape index (κ3) is 4.81. The van der Waals surface area contributed by atoms with E-state index in [1.54, 1.807) is 48.5 Å². The van der Waals surface area contributed by atoms with Crippen LogP contribution < -0.4 is 9.80 Å². The summed E-state index contributed by atoms with van der Waals surface area (Å²) in [7, 11) is 0. The first-order chi connectivity index (χ1) is 23.5. The van der Waals surface area contributed by atoms with Gasteiger partial charge in [0.25, 0.3) is 0 Å². The second-order valence-corrected chi connectivity index (χ2v) is 11.5. The van der Waals surface area contributed by atoms with E-state index >= 15 is 0 Å². The number of benzene rings is 8. The number of nitriles is 1. The van der Waals surface area contributed by atoms with Gasteiger partial charge in [-0.05, 0) is 119 Å². The first-order valence-electron chi connectivity index (χ1n) is 15.3. The van der Waals surface area contributed by atoms with Gasteiger partial charge in [0.15, 0.2) is 5.69 Å². The maximum atomic E-state index is 14.1. The van der Waals surface area contributed by atoms with Crippen molar-refractivity contribution in [2.75, 3.05) is 9.80 Å². The van der Waals surface area contributed by atoms with Gasteiger partial charge in [-0.25, -0.2) is 13.6 Å². The van der Waals surface area contributed by atoms with Crippen LogP contribution >= 0.6 is 0 Å². The van der Waals surface area contributed by atoms with Crippen molar-refractivity contribution >= 4 is 72.1 Å². The molecule has 4 nitrogen and oxygen atoms in total. The summed E-state index contributed by atoms with van der Waals surface area (Å²) >= 11 is 0. The van der Waals surface area contributed by atoms with E-state index in [0.717, 1.165) is 66.4 Å². The van der Waals surface area contributed by atoms with Crippen molar-refractivity contribution in [3.8, 4) is 6.07 Å². The highest BCUT2D eigenvalue weighted by Gasteiger charge is 2.22. The number of hydrogen-bond acceptors (Lipinski definition) is 3. The van der Waals surface area contributed by atoms with Gasteiger partial charge in [-0.15, -0.1) is 0 Å².